The van der Waals surface area contributed by atoms with Gasteiger partial charge in [-0.2, -0.15) is 0 Å². The first-order valence-corrected chi connectivity index (χ1v) is 7.79. The first-order valence-electron chi connectivity index (χ1n) is 7.79. The highest BCUT2D eigenvalue weighted by Gasteiger charge is 2.14. The van der Waals surface area contributed by atoms with Crippen LogP contribution in [-0.2, 0) is 0 Å². The summed E-state index contributed by atoms with van der Waals surface area (Å²) in [6.07, 6.45) is 6.48. The maximum Gasteiger partial charge on any atom is 0.165 e. The fourth-order valence-corrected chi connectivity index (χ4v) is 2.02. The van der Waals surface area contributed by atoms with Crippen molar-refractivity contribution in [1.82, 2.24) is 0 Å². The van der Waals surface area contributed by atoms with Gasteiger partial charge in [0.25, 0.3) is 0 Å². The number of hydrogen-bond donors (Lipinski definition) is 0. The minimum Gasteiger partial charge on any atom is -0.203 e. The van der Waals surface area contributed by atoms with Crippen molar-refractivity contribution >= 4 is 0 Å². The van der Waals surface area contributed by atoms with Crippen molar-refractivity contribution in [3.63, 3.8) is 0 Å². The molecule has 2 heteroatoms. The summed E-state index contributed by atoms with van der Waals surface area (Å²) in [5.74, 6) is -0.646. The van der Waals surface area contributed by atoms with Gasteiger partial charge in [-0.15, -0.1) is 0 Å². The molecule has 0 spiro atoms. The Hall–Kier alpha value is -1.18. The van der Waals surface area contributed by atoms with Gasteiger partial charge in [0.2, 0.25) is 0 Å². The number of allylic oxidation sites excluding steroid dienone is 6. The molecule has 0 N–H and O–H groups in total. The molecule has 2 atom stereocenters. The van der Waals surface area contributed by atoms with Crippen LogP contribution in [0.2, 0.25) is 0 Å². The Kier molecular flexibility index (Phi) is 9.16. The van der Waals surface area contributed by atoms with Crippen molar-refractivity contribution in [2.75, 3.05) is 0 Å². The zero-order valence-corrected chi connectivity index (χ0v) is 14.2. The van der Waals surface area contributed by atoms with Gasteiger partial charge in [-0.3, -0.25) is 0 Å². The molecule has 0 radical (unpaired) electrons. The molecule has 2 unspecified atom stereocenters. The molecule has 0 bridgehead atoms. The average molecular weight is 296 g/mol. The Balaban J connectivity index is 4.72. The second kappa shape index (κ2) is 9.70. The fraction of sp³-hybridized carbons (Fsp3) is 0.579. The van der Waals surface area contributed by atoms with E-state index < -0.39 is 11.7 Å². The van der Waals surface area contributed by atoms with Crippen molar-refractivity contribution < 1.29 is 8.78 Å². The van der Waals surface area contributed by atoms with Crippen LogP contribution in [0.4, 0.5) is 8.78 Å². The molecule has 0 aromatic rings. The zero-order valence-electron chi connectivity index (χ0n) is 14.2. The van der Waals surface area contributed by atoms with Crippen LogP contribution in [0.25, 0.3) is 0 Å². The topological polar surface area (TPSA) is 0 Å². The van der Waals surface area contributed by atoms with Crippen LogP contribution in [0.1, 0.15) is 60.3 Å². The Morgan fingerprint density at radius 2 is 1.62 bits per heavy atom. The van der Waals surface area contributed by atoms with E-state index in [0.29, 0.717) is 17.4 Å². The van der Waals surface area contributed by atoms with Crippen molar-refractivity contribution in [1.29, 1.82) is 0 Å². The molecule has 0 aliphatic heterocycles. The van der Waals surface area contributed by atoms with Gasteiger partial charge >= 0.3 is 0 Å². The predicted octanol–water partition coefficient (Wildman–Crippen LogP) is 7.07. The van der Waals surface area contributed by atoms with Crippen molar-refractivity contribution in [3.8, 4) is 0 Å². The van der Waals surface area contributed by atoms with Crippen LogP contribution in [0.5, 0.6) is 0 Å². The molecule has 0 aliphatic rings. The van der Waals surface area contributed by atoms with E-state index in [2.05, 4.69) is 33.9 Å². The lowest BCUT2D eigenvalue weighted by molar-refractivity contribution is 0.357. The van der Waals surface area contributed by atoms with E-state index in [1.165, 1.54) is 26.2 Å². The molecule has 120 valence electrons. The third-order valence-corrected chi connectivity index (χ3v) is 4.09. The highest BCUT2D eigenvalue weighted by Crippen LogP contribution is 2.28. The molecule has 0 rings (SSSR count). The van der Waals surface area contributed by atoms with Crippen LogP contribution >= 0.6 is 0 Å². The molecular formula is C19H30F2. The Morgan fingerprint density at radius 1 is 1.05 bits per heavy atom. The minimum absolute atomic E-state index is 0.0861. The Morgan fingerprint density at radius 3 is 2.10 bits per heavy atom. The molecule has 0 aromatic heterocycles. The van der Waals surface area contributed by atoms with E-state index in [9.17, 15) is 8.78 Å². The van der Waals surface area contributed by atoms with E-state index in [1.807, 2.05) is 6.08 Å². The van der Waals surface area contributed by atoms with Gasteiger partial charge in [-0.05, 0) is 43.3 Å². The molecule has 0 fully saturated rings. The summed E-state index contributed by atoms with van der Waals surface area (Å²) in [4.78, 5) is 0. The number of hydrogen-bond acceptors (Lipinski definition) is 0. The standard InChI is InChI=1S/C19H30F2/c1-8-9-10-14(4)15(5)11-12-16(6)17(7)19(21)18(20)13(2)3/h12,14-15H,2,7-11H2,1,3-6H3/b16-12+,19-18-. The Labute approximate surface area is 129 Å². The predicted molar refractivity (Wildman–Crippen MR) is 89.4 cm³/mol. The third kappa shape index (κ3) is 6.88. The van der Waals surface area contributed by atoms with E-state index in [-0.39, 0.29) is 11.1 Å². The van der Waals surface area contributed by atoms with Gasteiger partial charge in [0.15, 0.2) is 11.7 Å². The second-order valence-electron chi connectivity index (χ2n) is 6.11. The first-order chi connectivity index (χ1) is 9.72. The van der Waals surface area contributed by atoms with Gasteiger partial charge in [-0.25, -0.2) is 8.78 Å². The van der Waals surface area contributed by atoms with E-state index in [0.717, 1.165) is 6.42 Å². The highest BCUT2D eigenvalue weighted by atomic mass is 19.2. The largest absolute Gasteiger partial charge is 0.203 e. The van der Waals surface area contributed by atoms with Gasteiger partial charge < -0.3 is 0 Å². The number of unbranched alkanes of at least 4 members (excludes halogenated alkanes) is 1. The fourth-order valence-electron chi connectivity index (χ4n) is 2.02. The molecular weight excluding hydrogens is 266 g/mol. The quantitative estimate of drug-likeness (QED) is 0.399. The normalized spacial score (nSPS) is 16.2. The van der Waals surface area contributed by atoms with E-state index in [4.69, 9.17) is 0 Å². The summed E-state index contributed by atoms with van der Waals surface area (Å²) < 4.78 is 27.4. The lowest BCUT2D eigenvalue weighted by Crippen LogP contribution is -2.07. The van der Waals surface area contributed by atoms with Gasteiger partial charge in [0.1, 0.15) is 0 Å². The molecule has 0 saturated carbocycles. The number of rotatable bonds is 9. The van der Waals surface area contributed by atoms with Crippen LogP contribution in [-0.4, -0.2) is 0 Å². The van der Waals surface area contributed by atoms with Gasteiger partial charge in [-0.1, -0.05) is 59.3 Å². The van der Waals surface area contributed by atoms with Crippen molar-refractivity contribution in [2.45, 2.75) is 60.3 Å². The smallest absolute Gasteiger partial charge is 0.165 e. The molecule has 0 nitrogen and oxygen atoms in total. The maximum atomic E-state index is 13.8. The SMILES string of the molecule is C=C(C)/C(F)=C(/F)C(=C)/C(C)=C/CC(C)C(C)CCCC. The Bertz CT molecular complexity index is 427. The van der Waals surface area contributed by atoms with Crippen LogP contribution in [0.3, 0.4) is 0 Å². The summed E-state index contributed by atoms with van der Waals surface area (Å²) in [6.45, 7) is 16.9. The van der Waals surface area contributed by atoms with Crippen LogP contribution in [0.15, 0.2) is 47.6 Å². The van der Waals surface area contributed by atoms with Gasteiger partial charge in [0.05, 0.1) is 0 Å². The van der Waals surface area contributed by atoms with E-state index in [1.54, 1.807) is 6.92 Å². The minimum atomic E-state index is -0.905. The zero-order chi connectivity index (χ0) is 16.6. The molecule has 0 amide bonds. The summed E-state index contributed by atoms with van der Waals surface area (Å²) in [6, 6.07) is 0. The van der Waals surface area contributed by atoms with Crippen LogP contribution < -0.4 is 0 Å². The lowest BCUT2D eigenvalue weighted by Gasteiger charge is -2.18. The highest BCUT2D eigenvalue weighted by molar-refractivity contribution is 5.44. The van der Waals surface area contributed by atoms with Crippen molar-refractivity contribution in [3.05, 3.63) is 47.6 Å². The third-order valence-electron chi connectivity index (χ3n) is 4.09. The maximum absolute atomic E-state index is 13.8. The molecule has 0 heterocycles. The molecule has 21 heavy (non-hydrogen) atoms. The molecule has 0 aromatic carbocycles. The van der Waals surface area contributed by atoms with E-state index >= 15 is 0 Å². The summed E-state index contributed by atoms with van der Waals surface area (Å²) in [5.41, 5.74) is 0.894. The second-order valence-corrected chi connectivity index (χ2v) is 6.11. The summed E-state index contributed by atoms with van der Waals surface area (Å²) >= 11 is 0. The molecule has 0 aliphatic carbocycles. The average Bonchev–Trinajstić information content (AvgIpc) is 2.46. The van der Waals surface area contributed by atoms with Gasteiger partial charge in [0, 0.05) is 5.57 Å². The first kappa shape index (κ1) is 19.8. The van der Waals surface area contributed by atoms with Crippen LogP contribution in [0, 0.1) is 11.8 Å². The summed E-state index contributed by atoms with van der Waals surface area (Å²) in [7, 11) is 0. The number of halogens is 2. The summed E-state index contributed by atoms with van der Waals surface area (Å²) in [5, 5.41) is 0. The lowest BCUT2D eigenvalue weighted by atomic mass is 9.88. The van der Waals surface area contributed by atoms with Crippen molar-refractivity contribution in [2.24, 2.45) is 11.8 Å². The molecule has 0 saturated heterocycles. The monoisotopic (exact) mass is 296 g/mol.